The number of rotatable bonds is 5. The van der Waals surface area contributed by atoms with E-state index >= 15 is 0 Å². The van der Waals surface area contributed by atoms with Gasteiger partial charge in [-0.05, 0) is 43.0 Å². The summed E-state index contributed by atoms with van der Waals surface area (Å²) in [6, 6.07) is 11.4. The molecule has 5 nitrogen and oxygen atoms in total. The predicted octanol–water partition coefficient (Wildman–Crippen LogP) is 4.38. The number of H-pyrrole nitrogens is 1. The van der Waals surface area contributed by atoms with Gasteiger partial charge < -0.3 is 10.3 Å². The van der Waals surface area contributed by atoms with E-state index in [4.69, 9.17) is 11.6 Å². The number of fused-ring (bicyclic) bond motifs is 2. The first-order valence-corrected chi connectivity index (χ1v) is 9.04. The van der Waals surface area contributed by atoms with Crippen LogP contribution in [0.3, 0.4) is 0 Å². The molecule has 0 radical (unpaired) electrons. The van der Waals surface area contributed by atoms with Gasteiger partial charge in [0.25, 0.3) is 0 Å². The third-order valence-corrected chi connectivity index (χ3v) is 5.05. The molecule has 1 aromatic carbocycles. The van der Waals surface area contributed by atoms with Crippen molar-refractivity contribution in [2.24, 2.45) is 5.92 Å². The summed E-state index contributed by atoms with van der Waals surface area (Å²) < 4.78 is 0. The number of Topliss-reactive ketones (excluding diaryl/α,β-unsaturated/α-hetero) is 1. The topological polar surface area (TPSA) is 74.8 Å². The number of aromatic nitrogens is 2. The first kappa shape index (κ1) is 16.8. The standard InChI is InChI=1S/C20H18ClN3O2/c21-19-10-14-9-16(23-17(14)11-22-19)18(25)7-3-5-13-8-12-4-1-2-6-15(12)24-20(13)26/h1-2,4,6,9-11,13,23H,3,5,7-8H2,(H,24,26). The maximum Gasteiger partial charge on any atom is 0.227 e. The van der Waals surface area contributed by atoms with Gasteiger partial charge in [-0.3, -0.25) is 9.59 Å². The highest BCUT2D eigenvalue weighted by Gasteiger charge is 2.25. The van der Waals surface area contributed by atoms with E-state index in [1.54, 1.807) is 18.3 Å². The van der Waals surface area contributed by atoms with Crippen molar-refractivity contribution < 1.29 is 9.59 Å². The fraction of sp³-hybridized carbons (Fsp3) is 0.250. The second kappa shape index (κ2) is 6.92. The quantitative estimate of drug-likeness (QED) is 0.519. The molecule has 1 aliphatic heterocycles. The van der Waals surface area contributed by atoms with E-state index in [-0.39, 0.29) is 17.6 Å². The van der Waals surface area contributed by atoms with Gasteiger partial charge in [0, 0.05) is 23.4 Å². The molecular weight excluding hydrogens is 350 g/mol. The number of ketones is 1. The van der Waals surface area contributed by atoms with Gasteiger partial charge in [-0.25, -0.2) is 4.98 Å². The molecule has 1 unspecified atom stereocenters. The van der Waals surface area contributed by atoms with Crippen LogP contribution in [0.15, 0.2) is 42.6 Å². The highest BCUT2D eigenvalue weighted by molar-refractivity contribution is 6.30. The number of amides is 1. The smallest absolute Gasteiger partial charge is 0.227 e. The predicted molar refractivity (Wildman–Crippen MR) is 102 cm³/mol. The Labute approximate surface area is 155 Å². The van der Waals surface area contributed by atoms with Gasteiger partial charge in [0.2, 0.25) is 5.91 Å². The van der Waals surface area contributed by atoms with E-state index in [0.29, 0.717) is 30.1 Å². The third-order valence-electron chi connectivity index (χ3n) is 4.84. The summed E-state index contributed by atoms with van der Waals surface area (Å²) in [7, 11) is 0. The number of pyridine rings is 1. The van der Waals surface area contributed by atoms with Crippen molar-refractivity contribution >= 4 is 39.9 Å². The van der Waals surface area contributed by atoms with Gasteiger partial charge in [-0.2, -0.15) is 0 Å². The van der Waals surface area contributed by atoms with Crippen LogP contribution in [0.5, 0.6) is 0 Å². The van der Waals surface area contributed by atoms with Crippen molar-refractivity contribution in [3.05, 3.63) is 59.0 Å². The summed E-state index contributed by atoms with van der Waals surface area (Å²) in [5.74, 6) is -0.000150. The van der Waals surface area contributed by atoms with Crippen molar-refractivity contribution in [3.8, 4) is 0 Å². The van der Waals surface area contributed by atoms with Crippen molar-refractivity contribution in [2.75, 3.05) is 5.32 Å². The Kier molecular flexibility index (Phi) is 4.47. The van der Waals surface area contributed by atoms with Gasteiger partial charge >= 0.3 is 0 Å². The molecule has 0 fully saturated rings. The SMILES string of the molecule is O=C(CCCC1Cc2ccccc2NC1=O)c1cc2cc(Cl)ncc2[nH]1. The number of hydrogen-bond donors (Lipinski definition) is 2. The van der Waals surface area contributed by atoms with Crippen LogP contribution < -0.4 is 5.32 Å². The molecule has 0 saturated carbocycles. The van der Waals surface area contributed by atoms with Gasteiger partial charge in [-0.1, -0.05) is 29.8 Å². The summed E-state index contributed by atoms with van der Waals surface area (Å²) in [5.41, 5.74) is 3.40. The molecule has 4 rings (SSSR count). The van der Waals surface area contributed by atoms with Crippen LogP contribution >= 0.6 is 11.6 Å². The summed E-state index contributed by atoms with van der Waals surface area (Å²) in [6.45, 7) is 0. The highest BCUT2D eigenvalue weighted by atomic mass is 35.5. The summed E-state index contributed by atoms with van der Waals surface area (Å²) in [6.07, 6.45) is 4.12. The molecule has 132 valence electrons. The van der Waals surface area contributed by atoms with E-state index in [0.717, 1.165) is 28.6 Å². The van der Waals surface area contributed by atoms with Crippen molar-refractivity contribution in [3.63, 3.8) is 0 Å². The molecule has 0 spiro atoms. The molecule has 6 heteroatoms. The number of nitrogens with one attached hydrogen (secondary N) is 2. The van der Waals surface area contributed by atoms with E-state index in [1.807, 2.05) is 24.3 Å². The number of benzene rings is 1. The minimum absolute atomic E-state index is 0.0361. The number of para-hydroxylation sites is 1. The Morgan fingerprint density at radius 3 is 3.00 bits per heavy atom. The Hall–Kier alpha value is -2.66. The van der Waals surface area contributed by atoms with Crippen LogP contribution in [-0.4, -0.2) is 21.7 Å². The second-order valence-electron chi connectivity index (χ2n) is 6.64. The van der Waals surface area contributed by atoms with E-state index in [1.165, 1.54) is 0 Å². The Morgan fingerprint density at radius 1 is 1.27 bits per heavy atom. The lowest BCUT2D eigenvalue weighted by atomic mass is 9.89. The number of nitrogens with zero attached hydrogens (tertiary/aromatic N) is 1. The minimum Gasteiger partial charge on any atom is -0.351 e. The molecule has 3 heterocycles. The first-order chi connectivity index (χ1) is 12.6. The molecule has 0 saturated heterocycles. The fourth-order valence-corrected chi connectivity index (χ4v) is 3.61. The lowest BCUT2D eigenvalue weighted by Crippen LogP contribution is -2.29. The van der Waals surface area contributed by atoms with E-state index in [2.05, 4.69) is 15.3 Å². The minimum atomic E-state index is -0.0802. The average Bonchev–Trinajstić information content (AvgIpc) is 3.05. The lowest BCUT2D eigenvalue weighted by Gasteiger charge is -2.24. The van der Waals surface area contributed by atoms with E-state index in [9.17, 15) is 9.59 Å². The molecule has 1 amide bonds. The van der Waals surface area contributed by atoms with Gasteiger partial charge in [0.05, 0.1) is 17.4 Å². The monoisotopic (exact) mass is 367 g/mol. The molecule has 3 aromatic rings. The Bertz CT molecular complexity index is 996. The summed E-state index contributed by atoms with van der Waals surface area (Å²) in [5, 5.41) is 4.23. The largest absolute Gasteiger partial charge is 0.351 e. The number of carbonyl (C=O) groups is 2. The first-order valence-electron chi connectivity index (χ1n) is 8.66. The van der Waals surface area contributed by atoms with Crippen LogP contribution in [0.4, 0.5) is 5.69 Å². The van der Waals surface area contributed by atoms with Crippen molar-refractivity contribution in [2.45, 2.75) is 25.7 Å². The molecule has 26 heavy (non-hydrogen) atoms. The lowest BCUT2D eigenvalue weighted by molar-refractivity contribution is -0.120. The summed E-state index contributed by atoms with van der Waals surface area (Å²) >= 11 is 5.88. The normalized spacial score (nSPS) is 16.3. The number of halogens is 1. The van der Waals surface area contributed by atoms with Gasteiger partial charge in [-0.15, -0.1) is 0 Å². The van der Waals surface area contributed by atoms with Crippen molar-refractivity contribution in [1.29, 1.82) is 0 Å². The zero-order valence-electron chi connectivity index (χ0n) is 14.1. The Balaban J connectivity index is 1.36. The number of carbonyl (C=O) groups excluding carboxylic acids is 2. The van der Waals surface area contributed by atoms with Gasteiger partial charge in [0.15, 0.2) is 5.78 Å². The summed E-state index contributed by atoms with van der Waals surface area (Å²) in [4.78, 5) is 31.8. The van der Waals surface area contributed by atoms with Crippen LogP contribution in [0.25, 0.3) is 10.9 Å². The average molecular weight is 368 g/mol. The number of anilines is 1. The van der Waals surface area contributed by atoms with Crippen molar-refractivity contribution in [1.82, 2.24) is 9.97 Å². The third kappa shape index (κ3) is 3.35. The Morgan fingerprint density at radius 2 is 2.12 bits per heavy atom. The maximum atomic E-state index is 12.4. The zero-order valence-corrected chi connectivity index (χ0v) is 14.8. The number of aromatic amines is 1. The molecule has 1 aliphatic rings. The van der Waals surface area contributed by atoms with Crippen LogP contribution in [0.1, 0.15) is 35.3 Å². The van der Waals surface area contributed by atoms with Gasteiger partial charge in [0.1, 0.15) is 5.15 Å². The molecule has 0 bridgehead atoms. The molecular formula is C20H18ClN3O2. The highest BCUT2D eigenvalue weighted by Crippen LogP contribution is 2.28. The number of hydrogen-bond acceptors (Lipinski definition) is 3. The second-order valence-corrected chi connectivity index (χ2v) is 7.03. The van der Waals surface area contributed by atoms with E-state index < -0.39 is 0 Å². The molecule has 0 aliphatic carbocycles. The fourth-order valence-electron chi connectivity index (χ4n) is 3.44. The van der Waals surface area contributed by atoms with Crippen LogP contribution in [0.2, 0.25) is 5.15 Å². The van der Waals surface area contributed by atoms with Crippen LogP contribution in [-0.2, 0) is 11.2 Å². The molecule has 2 aromatic heterocycles. The molecule has 1 atom stereocenters. The zero-order chi connectivity index (χ0) is 18.1. The molecule has 2 N–H and O–H groups in total. The maximum absolute atomic E-state index is 12.4. The van der Waals surface area contributed by atoms with Crippen LogP contribution in [0, 0.1) is 5.92 Å².